The van der Waals surface area contributed by atoms with E-state index >= 15 is 0 Å². The lowest BCUT2D eigenvalue weighted by Gasteiger charge is -2.32. The van der Waals surface area contributed by atoms with Gasteiger partial charge in [0, 0.05) is 17.9 Å². The molecule has 1 aliphatic heterocycles. The Morgan fingerprint density at radius 2 is 1.50 bits per heavy atom. The van der Waals surface area contributed by atoms with Crippen molar-refractivity contribution in [1.82, 2.24) is 9.97 Å². The van der Waals surface area contributed by atoms with Crippen LogP contribution in [0.1, 0.15) is 27.7 Å². The number of nitrogens with zero attached hydrogens (tertiary/aromatic N) is 2. The molecule has 1 aromatic heterocycles. The van der Waals surface area contributed by atoms with E-state index < -0.39 is 7.12 Å². The first kappa shape index (κ1) is 12.0. The zero-order valence-electron chi connectivity index (χ0n) is 9.82. The summed E-state index contributed by atoms with van der Waals surface area (Å²) in [4.78, 5) is 8.13. The van der Waals surface area contributed by atoms with Crippen molar-refractivity contribution in [1.29, 1.82) is 0 Å². The lowest BCUT2D eigenvalue weighted by Crippen LogP contribution is -2.41. The average Bonchev–Trinajstić information content (AvgIpc) is 2.37. The van der Waals surface area contributed by atoms with Crippen molar-refractivity contribution in [3.63, 3.8) is 0 Å². The largest absolute Gasteiger partial charge is 0.498 e. The van der Waals surface area contributed by atoms with Gasteiger partial charge in [0.1, 0.15) is 0 Å². The molecule has 0 bridgehead atoms. The molecule has 0 saturated carbocycles. The average molecular weight is 285 g/mol. The Bertz CT molecular complexity index is 378. The zero-order valence-corrected chi connectivity index (χ0v) is 11.4. The molecule has 0 amide bonds. The van der Waals surface area contributed by atoms with Crippen molar-refractivity contribution in [3.8, 4) is 0 Å². The molecule has 0 N–H and O–H groups in total. The van der Waals surface area contributed by atoms with Gasteiger partial charge in [-0.25, -0.2) is 9.97 Å². The molecule has 2 heterocycles. The van der Waals surface area contributed by atoms with Gasteiger partial charge >= 0.3 is 7.12 Å². The predicted octanol–water partition coefficient (Wildman–Crippen LogP) is 1.54. The van der Waals surface area contributed by atoms with Gasteiger partial charge in [-0.05, 0) is 43.6 Å². The highest BCUT2D eigenvalue weighted by Crippen LogP contribution is 2.36. The van der Waals surface area contributed by atoms with Gasteiger partial charge in [0.05, 0.1) is 11.2 Å². The molecule has 16 heavy (non-hydrogen) atoms. The van der Waals surface area contributed by atoms with E-state index in [9.17, 15) is 0 Å². The van der Waals surface area contributed by atoms with Crippen LogP contribution in [-0.2, 0) is 9.31 Å². The summed E-state index contributed by atoms with van der Waals surface area (Å²) < 4.78 is 12.3. The molecule has 1 saturated heterocycles. The fraction of sp³-hybridized carbons (Fsp3) is 0.600. The molecule has 86 valence electrons. The highest BCUT2D eigenvalue weighted by Gasteiger charge is 2.51. The summed E-state index contributed by atoms with van der Waals surface area (Å²) in [6.45, 7) is 8.08. The monoisotopic (exact) mass is 284 g/mol. The van der Waals surface area contributed by atoms with E-state index in [0.717, 1.165) is 5.46 Å². The van der Waals surface area contributed by atoms with Crippen LogP contribution in [0.4, 0.5) is 0 Å². The molecule has 2 rings (SSSR count). The van der Waals surface area contributed by atoms with Crippen LogP contribution in [0.25, 0.3) is 0 Å². The Morgan fingerprint density at radius 3 is 1.94 bits per heavy atom. The molecular formula is C10H14BBrN2O2. The van der Waals surface area contributed by atoms with Gasteiger partial charge in [-0.2, -0.15) is 0 Å². The van der Waals surface area contributed by atoms with Crippen LogP contribution in [0, 0.1) is 0 Å². The Labute approximate surface area is 104 Å². The van der Waals surface area contributed by atoms with E-state index in [1.165, 1.54) is 0 Å². The van der Waals surface area contributed by atoms with Gasteiger partial charge in [0.25, 0.3) is 0 Å². The van der Waals surface area contributed by atoms with E-state index in [2.05, 4.69) is 25.9 Å². The van der Waals surface area contributed by atoms with Crippen LogP contribution in [0.15, 0.2) is 17.1 Å². The van der Waals surface area contributed by atoms with Crippen molar-refractivity contribution < 1.29 is 9.31 Å². The van der Waals surface area contributed by atoms with E-state index in [-0.39, 0.29) is 11.2 Å². The molecule has 1 fully saturated rings. The Balaban J connectivity index is 2.23. The topological polar surface area (TPSA) is 44.2 Å². The minimum atomic E-state index is -0.391. The van der Waals surface area contributed by atoms with Crippen molar-refractivity contribution >= 4 is 28.5 Å². The summed E-state index contributed by atoms with van der Waals surface area (Å²) >= 11 is 3.20. The molecule has 0 unspecified atom stereocenters. The molecule has 0 radical (unpaired) electrons. The number of halogens is 1. The fourth-order valence-electron chi connectivity index (χ4n) is 1.42. The van der Waals surface area contributed by atoms with Crippen molar-refractivity contribution in [3.05, 3.63) is 17.1 Å². The first-order valence-corrected chi connectivity index (χ1v) is 5.94. The lowest BCUT2D eigenvalue weighted by atomic mass is 9.81. The van der Waals surface area contributed by atoms with Crippen LogP contribution in [0.3, 0.4) is 0 Å². The summed E-state index contributed by atoms with van der Waals surface area (Å²) in [6.07, 6.45) is 3.42. The quantitative estimate of drug-likeness (QED) is 0.580. The van der Waals surface area contributed by atoms with Crippen molar-refractivity contribution in [2.75, 3.05) is 0 Å². The van der Waals surface area contributed by atoms with Gasteiger partial charge in [-0.15, -0.1) is 0 Å². The minimum Gasteiger partial charge on any atom is -0.399 e. The smallest absolute Gasteiger partial charge is 0.399 e. The molecule has 1 aliphatic rings. The maximum absolute atomic E-state index is 5.87. The first-order valence-electron chi connectivity index (χ1n) is 5.15. The number of hydrogen-bond acceptors (Lipinski definition) is 4. The highest BCUT2D eigenvalue weighted by atomic mass is 79.9. The van der Waals surface area contributed by atoms with Gasteiger partial charge in [-0.3, -0.25) is 0 Å². The number of hydrogen-bond donors (Lipinski definition) is 0. The normalized spacial score (nSPS) is 22.4. The maximum atomic E-state index is 5.87. The molecule has 0 spiro atoms. The Kier molecular flexibility index (Phi) is 2.84. The van der Waals surface area contributed by atoms with Gasteiger partial charge < -0.3 is 9.31 Å². The minimum absolute atomic E-state index is 0.329. The van der Waals surface area contributed by atoms with E-state index in [0.29, 0.717) is 4.73 Å². The second kappa shape index (κ2) is 3.79. The summed E-state index contributed by atoms with van der Waals surface area (Å²) in [7, 11) is -0.391. The molecular weight excluding hydrogens is 271 g/mol. The standard InChI is InChI=1S/C10H14BBrN2O2/c1-9(2)10(3,4)16-11(15-9)7-5-13-8(12)14-6-7/h5-6H,1-4H3. The Morgan fingerprint density at radius 1 is 1.06 bits per heavy atom. The van der Waals surface area contributed by atoms with Gasteiger partial charge in [-0.1, -0.05) is 0 Å². The zero-order chi connectivity index (χ0) is 12.0. The highest BCUT2D eigenvalue weighted by molar-refractivity contribution is 9.10. The SMILES string of the molecule is CC1(C)OB(c2cnc(Br)nc2)OC1(C)C. The summed E-state index contributed by atoms with van der Waals surface area (Å²) in [5.41, 5.74) is 0.178. The van der Waals surface area contributed by atoms with Crippen molar-refractivity contribution in [2.45, 2.75) is 38.9 Å². The lowest BCUT2D eigenvalue weighted by molar-refractivity contribution is 0.00578. The van der Waals surface area contributed by atoms with Crippen LogP contribution in [0.5, 0.6) is 0 Å². The van der Waals surface area contributed by atoms with Crippen LogP contribution in [-0.4, -0.2) is 28.3 Å². The molecule has 6 heteroatoms. The number of rotatable bonds is 1. The summed E-state index contributed by atoms with van der Waals surface area (Å²) in [5, 5.41) is 0. The van der Waals surface area contributed by atoms with Crippen LogP contribution in [0.2, 0.25) is 0 Å². The van der Waals surface area contributed by atoms with Crippen LogP contribution < -0.4 is 5.46 Å². The summed E-state index contributed by atoms with van der Waals surface area (Å²) in [5.74, 6) is 0. The van der Waals surface area contributed by atoms with Gasteiger partial charge in [0.15, 0.2) is 4.73 Å². The second-order valence-electron chi connectivity index (χ2n) is 4.87. The van der Waals surface area contributed by atoms with Crippen molar-refractivity contribution in [2.24, 2.45) is 0 Å². The van der Waals surface area contributed by atoms with Gasteiger partial charge in [0.2, 0.25) is 0 Å². The predicted molar refractivity (Wildman–Crippen MR) is 65.4 cm³/mol. The molecule has 0 atom stereocenters. The maximum Gasteiger partial charge on any atom is 0.498 e. The number of aromatic nitrogens is 2. The summed E-state index contributed by atoms with van der Waals surface area (Å²) in [6, 6.07) is 0. The van der Waals surface area contributed by atoms with E-state index in [1.807, 2.05) is 27.7 Å². The van der Waals surface area contributed by atoms with E-state index in [1.54, 1.807) is 12.4 Å². The molecule has 1 aromatic rings. The fourth-order valence-corrected chi connectivity index (χ4v) is 1.63. The second-order valence-corrected chi connectivity index (χ2v) is 5.58. The molecule has 0 aromatic carbocycles. The molecule has 0 aliphatic carbocycles. The van der Waals surface area contributed by atoms with Crippen LogP contribution >= 0.6 is 15.9 Å². The third-order valence-electron chi connectivity index (χ3n) is 3.17. The third kappa shape index (κ3) is 2.01. The molecule has 4 nitrogen and oxygen atoms in total. The van der Waals surface area contributed by atoms with E-state index in [4.69, 9.17) is 9.31 Å². The third-order valence-corrected chi connectivity index (χ3v) is 3.58. The first-order chi connectivity index (χ1) is 7.32. The Hall–Kier alpha value is -0.455.